The third kappa shape index (κ3) is 3.23. The van der Waals surface area contributed by atoms with Crippen LogP contribution in [0.1, 0.15) is 0 Å². The first-order chi connectivity index (χ1) is 8.26. The molecule has 0 saturated carbocycles. The maximum atomic E-state index is 12.3. The number of nitrogens with two attached hydrogens (primary N) is 1. The number of benzene rings is 1. The lowest BCUT2D eigenvalue weighted by atomic mass is 10.2. The van der Waals surface area contributed by atoms with Crippen LogP contribution in [0.15, 0.2) is 18.2 Å². The van der Waals surface area contributed by atoms with Gasteiger partial charge in [-0.1, -0.05) is 6.07 Å². The molecular weight excluding hydrogens is 253 g/mol. The van der Waals surface area contributed by atoms with Crippen LogP contribution in [0.25, 0.3) is 0 Å². The highest BCUT2D eigenvalue weighted by molar-refractivity contribution is 5.76. The number of nitrogen functional groups attached to an aromatic ring is 1. The quantitative estimate of drug-likeness (QED) is 0.492. The van der Waals surface area contributed by atoms with E-state index in [0.29, 0.717) is 0 Å². The number of rotatable bonds is 4. The Morgan fingerprint density at radius 2 is 2.11 bits per heavy atom. The van der Waals surface area contributed by atoms with Gasteiger partial charge in [0.25, 0.3) is 0 Å². The minimum absolute atomic E-state index is 0.0495. The van der Waals surface area contributed by atoms with Crippen LogP contribution in [0.2, 0.25) is 0 Å². The van der Waals surface area contributed by atoms with Crippen LogP contribution >= 0.6 is 0 Å². The van der Waals surface area contributed by atoms with Gasteiger partial charge in [0.15, 0.2) is 0 Å². The lowest BCUT2D eigenvalue weighted by Gasteiger charge is -2.21. The van der Waals surface area contributed by atoms with E-state index in [-0.39, 0.29) is 11.4 Å². The van der Waals surface area contributed by atoms with Gasteiger partial charge in [-0.25, -0.2) is 0 Å². The van der Waals surface area contributed by atoms with E-state index in [1.54, 1.807) is 0 Å². The van der Waals surface area contributed by atoms with Gasteiger partial charge < -0.3 is 10.3 Å². The molecule has 9 heteroatoms. The van der Waals surface area contributed by atoms with Crippen molar-refractivity contribution in [3.63, 3.8) is 0 Å². The van der Waals surface area contributed by atoms with E-state index >= 15 is 0 Å². The Kier molecular flexibility index (Phi) is 3.96. The molecule has 0 aliphatic heterocycles. The maximum Gasteiger partial charge on any atom is 0.405 e. The Morgan fingerprint density at radius 1 is 1.50 bits per heavy atom. The van der Waals surface area contributed by atoms with Crippen LogP contribution in [0.4, 0.5) is 30.2 Å². The average molecular weight is 264 g/mol. The molecule has 0 heterocycles. The highest BCUT2D eigenvalue weighted by Crippen LogP contribution is 2.35. The normalized spacial score (nSPS) is 11.2. The topological polar surface area (TPSA) is 84.4 Å². The van der Waals surface area contributed by atoms with Gasteiger partial charge in [0.05, 0.1) is 4.92 Å². The Morgan fingerprint density at radius 3 is 2.56 bits per heavy atom. The smallest absolute Gasteiger partial charge is 0.360 e. The van der Waals surface area contributed by atoms with Gasteiger partial charge in [-0.15, -0.1) is 0 Å². The monoisotopic (exact) mass is 264 g/mol. The lowest BCUT2D eigenvalue weighted by molar-refractivity contribution is -0.383. The molecule has 1 rings (SSSR count). The summed E-state index contributed by atoms with van der Waals surface area (Å²) in [7, 11) is 1.12. The molecule has 0 amide bonds. The van der Waals surface area contributed by atoms with Gasteiger partial charge in [-0.05, 0) is 12.1 Å². The summed E-state index contributed by atoms with van der Waals surface area (Å²) in [6.07, 6.45) is -4.45. The first-order valence-electron chi connectivity index (χ1n) is 4.78. The zero-order valence-electron chi connectivity index (χ0n) is 9.36. The molecule has 100 valence electrons. The summed E-state index contributed by atoms with van der Waals surface area (Å²) in [4.78, 5) is 10.8. The van der Waals surface area contributed by atoms with Gasteiger partial charge >= 0.3 is 11.9 Å². The molecule has 0 aliphatic carbocycles. The molecule has 0 aromatic heterocycles. The summed E-state index contributed by atoms with van der Waals surface area (Å²) in [6.45, 7) is -1.29. The van der Waals surface area contributed by atoms with Crippen LogP contribution in [0.5, 0.6) is 0 Å². The van der Waals surface area contributed by atoms with Crippen molar-refractivity contribution in [2.45, 2.75) is 6.18 Å². The number of hydrogen-bond acceptors (Lipinski definition) is 5. The predicted molar refractivity (Wildman–Crippen MR) is 60.2 cm³/mol. The van der Waals surface area contributed by atoms with E-state index in [9.17, 15) is 23.3 Å². The van der Waals surface area contributed by atoms with Crippen LogP contribution in [-0.2, 0) is 0 Å². The van der Waals surface area contributed by atoms with E-state index < -0.39 is 23.3 Å². The Balaban J connectivity index is 3.19. The second-order valence-electron chi connectivity index (χ2n) is 3.55. The highest BCUT2D eigenvalue weighted by atomic mass is 19.4. The SMILES string of the molecule is CN(CC(F)(F)F)c1cccc(NN)c1[N+](=O)[O-]. The van der Waals surface area contributed by atoms with Crippen molar-refractivity contribution in [1.29, 1.82) is 0 Å². The molecule has 3 N–H and O–H groups in total. The van der Waals surface area contributed by atoms with E-state index in [1.165, 1.54) is 18.2 Å². The molecule has 0 spiro atoms. The van der Waals surface area contributed by atoms with Crippen LogP contribution in [0.3, 0.4) is 0 Å². The number of hydrogen-bond donors (Lipinski definition) is 2. The molecule has 0 fully saturated rings. The summed E-state index contributed by atoms with van der Waals surface area (Å²) in [5.41, 5.74) is 1.38. The second kappa shape index (κ2) is 5.08. The fourth-order valence-electron chi connectivity index (χ4n) is 1.50. The minimum atomic E-state index is -4.45. The highest BCUT2D eigenvalue weighted by Gasteiger charge is 2.32. The number of halogens is 3. The molecule has 0 aliphatic rings. The molecule has 0 unspecified atom stereocenters. The standard InChI is InChI=1S/C9H11F3N4O2/c1-15(5-9(10,11)12)7-4-2-3-6(14-13)8(7)16(17)18/h2-4,14H,5,13H2,1H3. The first-order valence-corrected chi connectivity index (χ1v) is 4.78. The fraction of sp³-hybridized carbons (Fsp3) is 0.333. The maximum absolute atomic E-state index is 12.3. The van der Waals surface area contributed by atoms with Gasteiger partial charge in [-0.3, -0.25) is 16.0 Å². The number of hydrazine groups is 1. The number of nitro groups is 1. The van der Waals surface area contributed by atoms with Crippen molar-refractivity contribution in [3.05, 3.63) is 28.3 Å². The number of nitro benzene ring substituents is 1. The largest absolute Gasteiger partial charge is 0.405 e. The van der Waals surface area contributed by atoms with Crippen molar-refractivity contribution in [2.24, 2.45) is 5.84 Å². The molecule has 6 nitrogen and oxygen atoms in total. The van der Waals surface area contributed by atoms with Crippen molar-refractivity contribution in [3.8, 4) is 0 Å². The number of nitrogens with zero attached hydrogens (tertiary/aromatic N) is 2. The molecule has 1 aromatic carbocycles. The van der Waals surface area contributed by atoms with E-state index in [4.69, 9.17) is 5.84 Å². The number of alkyl halides is 3. The van der Waals surface area contributed by atoms with E-state index in [2.05, 4.69) is 5.43 Å². The summed E-state index contributed by atoms with van der Waals surface area (Å²) in [5.74, 6) is 5.09. The van der Waals surface area contributed by atoms with Crippen molar-refractivity contribution < 1.29 is 18.1 Å². The molecule has 1 aromatic rings. The van der Waals surface area contributed by atoms with Gasteiger partial charge in [0.2, 0.25) is 0 Å². The molecular formula is C9H11F3N4O2. The fourth-order valence-corrected chi connectivity index (χ4v) is 1.50. The Hall–Kier alpha value is -2.03. The second-order valence-corrected chi connectivity index (χ2v) is 3.55. The average Bonchev–Trinajstić information content (AvgIpc) is 2.25. The third-order valence-corrected chi connectivity index (χ3v) is 2.18. The van der Waals surface area contributed by atoms with E-state index in [0.717, 1.165) is 11.9 Å². The minimum Gasteiger partial charge on any atom is -0.360 e. The van der Waals surface area contributed by atoms with Crippen LogP contribution in [0, 0.1) is 10.1 Å². The zero-order valence-corrected chi connectivity index (χ0v) is 9.36. The summed E-state index contributed by atoms with van der Waals surface area (Å²) < 4.78 is 36.8. The molecule has 0 saturated heterocycles. The van der Waals surface area contributed by atoms with Crippen molar-refractivity contribution in [1.82, 2.24) is 0 Å². The number of nitrogens with one attached hydrogen (secondary N) is 1. The predicted octanol–water partition coefficient (Wildman–Crippen LogP) is 1.88. The molecule has 0 bridgehead atoms. The van der Waals surface area contributed by atoms with Crippen molar-refractivity contribution in [2.75, 3.05) is 23.9 Å². The van der Waals surface area contributed by atoms with E-state index in [1.807, 2.05) is 0 Å². The molecule has 0 atom stereocenters. The third-order valence-electron chi connectivity index (χ3n) is 2.18. The van der Waals surface area contributed by atoms with Crippen LogP contribution < -0.4 is 16.2 Å². The van der Waals surface area contributed by atoms with Gasteiger partial charge in [0.1, 0.15) is 17.9 Å². The summed E-state index contributed by atoms with van der Waals surface area (Å²) in [6, 6.07) is 3.91. The van der Waals surface area contributed by atoms with Crippen molar-refractivity contribution >= 4 is 17.1 Å². The lowest BCUT2D eigenvalue weighted by Crippen LogP contribution is -2.31. The molecule has 18 heavy (non-hydrogen) atoms. The molecule has 0 radical (unpaired) electrons. The van der Waals surface area contributed by atoms with Crippen LogP contribution in [-0.4, -0.2) is 24.7 Å². The number of para-hydroxylation sites is 1. The number of anilines is 2. The van der Waals surface area contributed by atoms with Gasteiger partial charge in [-0.2, -0.15) is 13.2 Å². The van der Waals surface area contributed by atoms with Gasteiger partial charge in [0, 0.05) is 7.05 Å². The summed E-state index contributed by atoms with van der Waals surface area (Å²) in [5, 5.41) is 10.9. The Labute approximate surface area is 100 Å². The first kappa shape index (κ1) is 14.0. The summed E-state index contributed by atoms with van der Waals surface area (Å²) >= 11 is 0. The zero-order chi connectivity index (χ0) is 13.9. The Bertz CT molecular complexity index is 450.